The lowest BCUT2D eigenvalue weighted by Gasteiger charge is -2.05. The molecule has 0 saturated carbocycles. The quantitative estimate of drug-likeness (QED) is 0.253. The molecule has 0 saturated heterocycles. The van der Waals surface area contributed by atoms with E-state index in [9.17, 15) is 4.79 Å². The minimum Gasteiger partial charge on any atom is -0.466 e. The predicted molar refractivity (Wildman–Crippen MR) is 77.1 cm³/mol. The smallest absolute Gasteiger partial charge is 0.306 e. The lowest BCUT2D eigenvalue weighted by Crippen LogP contribution is -2.09. The molecule has 0 aliphatic carbocycles. The Kier molecular flexibility index (Phi) is 11.8. The summed E-state index contributed by atoms with van der Waals surface area (Å²) in [6.45, 7) is 4.86. The molecule has 0 aliphatic heterocycles. The number of alkyl halides is 1. The molecule has 0 aliphatic rings. The predicted octanol–water partition coefficient (Wildman–Crippen LogP) is 4.49. The molecule has 1 atom stereocenters. The number of carbonyl (C=O) groups is 1. The van der Waals surface area contributed by atoms with Gasteiger partial charge in [0.2, 0.25) is 0 Å². The van der Waals surface area contributed by atoms with Gasteiger partial charge in [-0.2, -0.15) is 0 Å². The molecule has 0 fully saturated rings. The second-order valence-corrected chi connectivity index (χ2v) is 6.45. The molecular formula is C13H25IO2. The molecule has 1 unspecified atom stereocenters. The average molecular weight is 340 g/mol. The molecule has 0 aromatic heterocycles. The minimum absolute atomic E-state index is 0.0483. The average Bonchev–Trinajstić information content (AvgIpc) is 2.21. The van der Waals surface area contributed by atoms with Crippen LogP contribution in [0, 0.1) is 0 Å². The van der Waals surface area contributed by atoms with E-state index in [-0.39, 0.29) is 5.97 Å². The van der Waals surface area contributed by atoms with E-state index in [1.807, 2.05) is 6.92 Å². The summed E-state index contributed by atoms with van der Waals surface area (Å²) in [4.78, 5) is 11.2. The highest BCUT2D eigenvalue weighted by atomic mass is 127. The highest BCUT2D eigenvalue weighted by molar-refractivity contribution is 14.1. The van der Waals surface area contributed by atoms with Gasteiger partial charge >= 0.3 is 5.97 Å². The molecule has 0 aromatic carbocycles. The molecule has 3 heteroatoms. The Hall–Kier alpha value is 0.200. The Morgan fingerprint density at radius 3 is 2.25 bits per heavy atom. The maximum absolute atomic E-state index is 11.2. The van der Waals surface area contributed by atoms with E-state index in [0.29, 0.717) is 17.0 Å². The summed E-state index contributed by atoms with van der Waals surface area (Å²) in [6.07, 6.45) is 9.35. The van der Waals surface area contributed by atoms with E-state index in [2.05, 4.69) is 29.5 Å². The van der Waals surface area contributed by atoms with Crippen molar-refractivity contribution < 1.29 is 9.53 Å². The molecule has 0 heterocycles. The van der Waals surface area contributed by atoms with Gasteiger partial charge in [0.15, 0.2) is 0 Å². The van der Waals surface area contributed by atoms with Crippen LogP contribution in [0.15, 0.2) is 0 Å². The van der Waals surface area contributed by atoms with E-state index < -0.39 is 0 Å². The molecule has 0 rings (SSSR count). The summed E-state index contributed by atoms with van der Waals surface area (Å²) in [5, 5.41) is 0. The van der Waals surface area contributed by atoms with Gasteiger partial charge < -0.3 is 4.74 Å². The Morgan fingerprint density at radius 2 is 1.69 bits per heavy atom. The van der Waals surface area contributed by atoms with Crippen molar-refractivity contribution in [2.45, 2.75) is 69.1 Å². The van der Waals surface area contributed by atoms with Crippen LogP contribution in [0.1, 0.15) is 65.2 Å². The Bertz CT molecular complexity index is 169. The van der Waals surface area contributed by atoms with Gasteiger partial charge in [-0.05, 0) is 6.42 Å². The van der Waals surface area contributed by atoms with Crippen molar-refractivity contribution in [3.63, 3.8) is 0 Å². The normalized spacial score (nSPS) is 12.4. The van der Waals surface area contributed by atoms with Crippen LogP contribution in [-0.4, -0.2) is 16.5 Å². The van der Waals surface area contributed by atoms with E-state index >= 15 is 0 Å². The molecule has 0 amide bonds. The van der Waals surface area contributed by atoms with Crippen molar-refractivity contribution in [2.24, 2.45) is 0 Å². The standard InChI is InChI=1S/C13H25IO2/c1-3-4-5-6-7-8-9-10-16-13(15)11-12(2)14/h12H,3-11H2,1-2H3. The number of hydrogen-bond acceptors (Lipinski definition) is 2. The third-order valence-electron chi connectivity index (χ3n) is 2.46. The van der Waals surface area contributed by atoms with Crippen LogP contribution < -0.4 is 0 Å². The summed E-state index contributed by atoms with van der Waals surface area (Å²) in [6, 6.07) is 0. The van der Waals surface area contributed by atoms with Crippen molar-refractivity contribution in [3.8, 4) is 0 Å². The number of unbranched alkanes of at least 4 members (excludes halogenated alkanes) is 6. The first-order chi connectivity index (χ1) is 7.66. The van der Waals surface area contributed by atoms with Gasteiger partial charge in [-0.25, -0.2) is 0 Å². The Morgan fingerprint density at radius 1 is 1.12 bits per heavy atom. The van der Waals surface area contributed by atoms with Crippen molar-refractivity contribution in [1.82, 2.24) is 0 Å². The first kappa shape index (κ1) is 16.2. The van der Waals surface area contributed by atoms with E-state index in [1.54, 1.807) is 0 Å². The fourth-order valence-electron chi connectivity index (χ4n) is 1.53. The summed E-state index contributed by atoms with van der Waals surface area (Å²) in [7, 11) is 0. The van der Waals surface area contributed by atoms with Gasteiger partial charge in [-0.3, -0.25) is 4.79 Å². The molecule has 0 aromatic rings. The molecule has 0 bridgehead atoms. The topological polar surface area (TPSA) is 26.3 Å². The monoisotopic (exact) mass is 340 g/mol. The lowest BCUT2D eigenvalue weighted by molar-refractivity contribution is -0.143. The fourth-order valence-corrected chi connectivity index (χ4v) is 1.89. The number of rotatable bonds is 10. The second kappa shape index (κ2) is 11.7. The van der Waals surface area contributed by atoms with Crippen LogP contribution in [0.5, 0.6) is 0 Å². The van der Waals surface area contributed by atoms with Crippen LogP contribution >= 0.6 is 22.6 Å². The molecule has 0 spiro atoms. The maximum Gasteiger partial charge on any atom is 0.306 e. The van der Waals surface area contributed by atoms with Gasteiger partial charge in [0.25, 0.3) is 0 Å². The SMILES string of the molecule is CCCCCCCCCOC(=O)CC(C)I. The molecule has 96 valence electrons. The van der Waals surface area contributed by atoms with Crippen molar-refractivity contribution in [2.75, 3.05) is 6.61 Å². The van der Waals surface area contributed by atoms with Gasteiger partial charge in [-0.15, -0.1) is 0 Å². The fraction of sp³-hybridized carbons (Fsp3) is 0.923. The van der Waals surface area contributed by atoms with Crippen molar-refractivity contribution in [1.29, 1.82) is 0 Å². The molecule has 0 radical (unpaired) electrons. The molecule has 2 nitrogen and oxygen atoms in total. The van der Waals surface area contributed by atoms with Gasteiger partial charge in [-0.1, -0.05) is 75.0 Å². The number of carbonyl (C=O) groups excluding carboxylic acids is 1. The molecule has 16 heavy (non-hydrogen) atoms. The number of esters is 1. The van der Waals surface area contributed by atoms with Crippen LogP contribution in [0.25, 0.3) is 0 Å². The van der Waals surface area contributed by atoms with E-state index in [1.165, 1.54) is 38.5 Å². The summed E-state index contributed by atoms with van der Waals surface area (Å²) in [5.74, 6) is -0.0483. The van der Waals surface area contributed by atoms with E-state index in [4.69, 9.17) is 4.74 Å². The zero-order valence-corrected chi connectivity index (χ0v) is 12.8. The first-order valence-electron chi connectivity index (χ1n) is 6.46. The highest BCUT2D eigenvalue weighted by Gasteiger charge is 2.06. The van der Waals surface area contributed by atoms with Crippen LogP contribution in [0.2, 0.25) is 0 Å². The minimum atomic E-state index is -0.0483. The number of hydrogen-bond donors (Lipinski definition) is 0. The molecule has 0 N–H and O–H groups in total. The first-order valence-corrected chi connectivity index (χ1v) is 7.71. The Labute approximate surface area is 114 Å². The summed E-state index contributed by atoms with van der Waals surface area (Å²) >= 11 is 2.24. The van der Waals surface area contributed by atoms with Crippen LogP contribution in [0.3, 0.4) is 0 Å². The van der Waals surface area contributed by atoms with Gasteiger partial charge in [0.1, 0.15) is 0 Å². The summed E-state index contributed by atoms with van der Waals surface area (Å²) < 4.78 is 5.51. The van der Waals surface area contributed by atoms with Crippen LogP contribution in [0.4, 0.5) is 0 Å². The second-order valence-electron chi connectivity index (χ2n) is 4.33. The zero-order chi connectivity index (χ0) is 12.2. The largest absolute Gasteiger partial charge is 0.466 e. The molecular weight excluding hydrogens is 315 g/mol. The number of ether oxygens (including phenoxy) is 1. The van der Waals surface area contributed by atoms with E-state index in [0.717, 1.165) is 6.42 Å². The van der Waals surface area contributed by atoms with Gasteiger partial charge in [0, 0.05) is 3.92 Å². The van der Waals surface area contributed by atoms with Crippen molar-refractivity contribution >= 4 is 28.6 Å². The van der Waals surface area contributed by atoms with Crippen LogP contribution in [-0.2, 0) is 9.53 Å². The third kappa shape index (κ3) is 12.3. The third-order valence-corrected chi connectivity index (χ3v) is 2.90. The lowest BCUT2D eigenvalue weighted by atomic mass is 10.1. The van der Waals surface area contributed by atoms with Crippen molar-refractivity contribution in [3.05, 3.63) is 0 Å². The zero-order valence-electron chi connectivity index (χ0n) is 10.6. The van der Waals surface area contributed by atoms with Gasteiger partial charge in [0.05, 0.1) is 13.0 Å². The maximum atomic E-state index is 11.2. The summed E-state index contributed by atoms with van der Waals surface area (Å²) in [5.41, 5.74) is 0. The number of halogens is 1. The highest BCUT2D eigenvalue weighted by Crippen LogP contribution is 2.08. The Balaban J connectivity index is 3.11.